The van der Waals surface area contributed by atoms with Crippen LogP contribution in [0.5, 0.6) is 5.75 Å². The molecule has 1 unspecified atom stereocenters. The first-order chi connectivity index (χ1) is 11.1. The zero-order chi connectivity index (χ0) is 16.7. The van der Waals surface area contributed by atoms with Crippen molar-refractivity contribution in [3.8, 4) is 5.75 Å². The lowest BCUT2D eigenvalue weighted by molar-refractivity contribution is 0.172. The standard InChI is InChI=1S/C17H19FN2O3/c1-23-15-7-3-5-13(9-15)16(21)11-20-17(22)19-10-12-4-2-6-14(18)8-12/h2-9,16,21H,10-11H2,1H3,(H2,19,20,22). The Morgan fingerprint density at radius 3 is 2.74 bits per heavy atom. The van der Waals surface area contributed by atoms with E-state index in [9.17, 15) is 14.3 Å². The third-order valence-electron chi connectivity index (χ3n) is 3.28. The van der Waals surface area contributed by atoms with Gasteiger partial charge in [-0.15, -0.1) is 0 Å². The molecule has 0 radical (unpaired) electrons. The van der Waals surface area contributed by atoms with E-state index in [4.69, 9.17) is 4.74 Å². The van der Waals surface area contributed by atoms with Crippen LogP contribution in [0, 0.1) is 5.82 Å². The largest absolute Gasteiger partial charge is 0.497 e. The maximum Gasteiger partial charge on any atom is 0.315 e. The van der Waals surface area contributed by atoms with Crippen molar-refractivity contribution >= 4 is 6.03 Å². The second-order valence-electron chi connectivity index (χ2n) is 4.99. The molecule has 2 amide bonds. The molecule has 122 valence electrons. The summed E-state index contributed by atoms with van der Waals surface area (Å²) in [6.45, 7) is 0.265. The summed E-state index contributed by atoms with van der Waals surface area (Å²) in [7, 11) is 1.55. The molecule has 0 aliphatic rings. The highest BCUT2D eigenvalue weighted by Gasteiger charge is 2.10. The predicted molar refractivity (Wildman–Crippen MR) is 84.6 cm³/mol. The zero-order valence-electron chi connectivity index (χ0n) is 12.8. The summed E-state index contributed by atoms with van der Waals surface area (Å²) in [6, 6.07) is 12.6. The van der Waals surface area contributed by atoms with Crippen LogP contribution in [-0.4, -0.2) is 24.8 Å². The molecule has 0 bridgehead atoms. The molecule has 0 heterocycles. The average Bonchev–Trinajstić information content (AvgIpc) is 2.58. The summed E-state index contributed by atoms with van der Waals surface area (Å²) in [6.07, 6.45) is -0.843. The van der Waals surface area contributed by atoms with E-state index in [0.29, 0.717) is 16.9 Å². The lowest BCUT2D eigenvalue weighted by atomic mass is 10.1. The number of methoxy groups -OCH3 is 1. The molecular weight excluding hydrogens is 299 g/mol. The number of aliphatic hydroxyl groups is 1. The topological polar surface area (TPSA) is 70.6 Å². The minimum Gasteiger partial charge on any atom is -0.497 e. The molecule has 0 aromatic heterocycles. The summed E-state index contributed by atoms with van der Waals surface area (Å²) < 4.78 is 18.1. The molecule has 0 aliphatic heterocycles. The van der Waals surface area contributed by atoms with Crippen LogP contribution < -0.4 is 15.4 Å². The minimum absolute atomic E-state index is 0.0577. The van der Waals surface area contributed by atoms with E-state index in [1.807, 2.05) is 0 Å². The fourth-order valence-corrected chi connectivity index (χ4v) is 2.05. The first-order valence-electron chi connectivity index (χ1n) is 7.16. The van der Waals surface area contributed by atoms with Gasteiger partial charge in [0.25, 0.3) is 0 Å². The number of aliphatic hydroxyl groups excluding tert-OH is 1. The molecule has 0 aliphatic carbocycles. The van der Waals surface area contributed by atoms with Crippen LogP contribution in [-0.2, 0) is 6.54 Å². The fraction of sp³-hybridized carbons (Fsp3) is 0.235. The van der Waals surface area contributed by atoms with Gasteiger partial charge < -0.3 is 20.5 Å². The molecule has 0 saturated heterocycles. The van der Waals surface area contributed by atoms with Crippen molar-refractivity contribution in [3.63, 3.8) is 0 Å². The van der Waals surface area contributed by atoms with Gasteiger partial charge >= 0.3 is 6.03 Å². The van der Waals surface area contributed by atoms with E-state index in [2.05, 4.69) is 10.6 Å². The summed E-state index contributed by atoms with van der Waals surface area (Å²) in [5.41, 5.74) is 1.31. The van der Waals surface area contributed by atoms with Gasteiger partial charge in [0.1, 0.15) is 11.6 Å². The number of hydrogen-bond acceptors (Lipinski definition) is 3. The van der Waals surface area contributed by atoms with Gasteiger partial charge in [0.2, 0.25) is 0 Å². The van der Waals surface area contributed by atoms with Crippen LogP contribution in [0.15, 0.2) is 48.5 Å². The van der Waals surface area contributed by atoms with Gasteiger partial charge in [-0.05, 0) is 35.4 Å². The Labute approximate surface area is 134 Å². The molecule has 2 aromatic carbocycles. The van der Waals surface area contributed by atoms with Crippen molar-refractivity contribution in [2.45, 2.75) is 12.6 Å². The Kier molecular flexibility index (Phi) is 5.94. The summed E-state index contributed by atoms with van der Waals surface area (Å²) >= 11 is 0. The van der Waals surface area contributed by atoms with Gasteiger partial charge in [0.15, 0.2) is 0 Å². The maximum atomic E-state index is 13.0. The average molecular weight is 318 g/mol. The molecule has 23 heavy (non-hydrogen) atoms. The Bertz CT molecular complexity index is 664. The third kappa shape index (κ3) is 5.27. The van der Waals surface area contributed by atoms with E-state index in [1.54, 1.807) is 43.5 Å². The number of hydrogen-bond donors (Lipinski definition) is 3. The molecule has 6 heteroatoms. The smallest absolute Gasteiger partial charge is 0.315 e. The number of rotatable bonds is 6. The summed E-state index contributed by atoms with van der Waals surface area (Å²) in [4.78, 5) is 11.7. The third-order valence-corrected chi connectivity index (χ3v) is 3.28. The molecular formula is C17H19FN2O3. The van der Waals surface area contributed by atoms with Crippen molar-refractivity contribution < 1.29 is 19.0 Å². The van der Waals surface area contributed by atoms with Crippen LogP contribution >= 0.6 is 0 Å². The van der Waals surface area contributed by atoms with Gasteiger partial charge in [-0.2, -0.15) is 0 Å². The van der Waals surface area contributed by atoms with Crippen LogP contribution in [0.25, 0.3) is 0 Å². The number of amides is 2. The molecule has 3 N–H and O–H groups in total. The summed E-state index contributed by atoms with van der Waals surface area (Å²) in [5, 5.41) is 15.2. The molecule has 2 rings (SSSR count). The quantitative estimate of drug-likeness (QED) is 0.766. The number of ether oxygens (including phenoxy) is 1. The number of carbonyl (C=O) groups is 1. The summed E-state index contributed by atoms with van der Waals surface area (Å²) in [5.74, 6) is 0.287. The molecule has 0 spiro atoms. The van der Waals surface area contributed by atoms with Crippen molar-refractivity contribution in [3.05, 3.63) is 65.5 Å². The number of nitrogens with one attached hydrogen (secondary N) is 2. The predicted octanol–water partition coefficient (Wildman–Crippen LogP) is 2.37. The number of urea groups is 1. The monoisotopic (exact) mass is 318 g/mol. The Morgan fingerprint density at radius 2 is 2.00 bits per heavy atom. The fourth-order valence-electron chi connectivity index (χ4n) is 2.05. The molecule has 1 atom stereocenters. The van der Waals surface area contributed by atoms with Crippen LogP contribution in [0.3, 0.4) is 0 Å². The lowest BCUT2D eigenvalue weighted by Gasteiger charge is -2.14. The van der Waals surface area contributed by atoms with Crippen molar-refractivity contribution in [1.82, 2.24) is 10.6 Å². The number of halogens is 1. The Hall–Kier alpha value is -2.60. The van der Waals surface area contributed by atoms with E-state index in [-0.39, 0.29) is 18.9 Å². The second kappa shape index (κ2) is 8.14. The van der Waals surface area contributed by atoms with Crippen molar-refractivity contribution in [2.75, 3.05) is 13.7 Å². The van der Waals surface area contributed by atoms with Gasteiger partial charge in [-0.3, -0.25) is 0 Å². The minimum atomic E-state index is -0.843. The highest BCUT2D eigenvalue weighted by Crippen LogP contribution is 2.18. The van der Waals surface area contributed by atoms with E-state index < -0.39 is 12.1 Å². The molecule has 5 nitrogen and oxygen atoms in total. The zero-order valence-corrected chi connectivity index (χ0v) is 12.8. The van der Waals surface area contributed by atoms with Gasteiger partial charge in [-0.25, -0.2) is 9.18 Å². The van der Waals surface area contributed by atoms with Crippen LogP contribution in [0.1, 0.15) is 17.2 Å². The van der Waals surface area contributed by atoms with E-state index in [1.165, 1.54) is 12.1 Å². The van der Waals surface area contributed by atoms with Gasteiger partial charge in [0.05, 0.1) is 13.2 Å². The first-order valence-corrected chi connectivity index (χ1v) is 7.16. The highest BCUT2D eigenvalue weighted by atomic mass is 19.1. The molecule has 0 fully saturated rings. The first kappa shape index (κ1) is 16.8. The molecule has 0 saturated carbocycles. The van der Waals surface area contributed by atoms with Gasteiger partial charge in [0, 0.05) is 13.1 Å². The maximum absolute atomic E-state index is 13.0. The Morgan fingerprint density at radius 1 is 1.22 bits per heavy atom. The normalized spacial score (nSPS) is 11.6. The lowest BCUT2D eigenvalue weighted by Crippen LogP contribution is -2.37. The van der Waals surface area contributed by atoms with Crippen molar-refractivity contribution in [2.24, 2.45) is 0 Å². The SMILES string of the molecule is COc1cccc(C(O)CNC(=O)NCc2cccc(F)c2)c1. The van der Waals surface area contributed by atoms with Crippen molar-refractivity contribution in [1.29, 1.82) is 0 Å². The number of benzene rings is 2. The molecule has 2 aromatic rings. The van der Waals surface area contributed by atoms with Crippen LogP contribution in [0.4, 0.5) is 9.18 Å². The van der Waals surface area contributed by atoms with E-state index in [0.717, 1.165) is 0 Å². The van der Waals surface area contributed by atoms with Crippen LogP contribution in [0.2, 0.25) is 0 Å². The van der Waals surface area contributed by atoms with Gasteiger partial charge in [-0.1, -0.05) is 24.3 Å². The second-order valence-corrected chi connectivity index (χ2v) is 4.99. The van der Waals surface area contributed by atoms with E-state index >= 15 is 0 Å². The number of carbonyl (C=O) groups excluding carboxylic acids is 1. The highest BCUT2D eigenvalue weighted by molar-refractivity contribution is 5.73. The Balaban J connectivity index is 1.79.